The van der Waals surface area contributed by atoms with Gasteiger partial charge in [0.15, 0.2) is 0 Å². The summed E-state index contributed by atoms with van der Waals surface area (Å²) in [4.78, 5) is 34.4. The zero-order chi connectivity index (χ0) is 47.1. The number of nitrogens with one attached hydrogen (secondary N) is 1. The van der Waals surface area contributed by atoms with E-state index >= 15 is 0 Å². The van der Waals surface area contributed by atoms with Crippen LogP contribution in [0.3, 0.4) is 0 Å². The van der Waals surface area contributed by atoms with Crippen LogP contribution in [0.15, 0.2) is 97.6 Å². The number of aryl methyl sites for hydroxylation is 1. The number of carbonyl (C=O) groups excluding carboxylic acids is 2. The van der Waals surface area contributed by atoms with Gasteiger partial charge >= 0.3 is 11.9 Å². The van der Waals surface area contributed by atoms with Crippen molar-refractivity contribution in [3.8, 4) is 5.75 Å². The van der Waals surface area contributed by atoms with E-state index in [1.54, 1.807) is 17.9 Å². The van der Waals surface area contributed by atoms with E-state index in [1.807, 2.05) is 68.4 Å². The molecule has 0 saturated carbocycles. The van der Waals surface area contributed by atoms with E-state index < -0.39 is 17.2 Å². The zero-order valence-corrected chi connectivity index (χ0v) is 43.8. The average molecular weight is 1280 g/mol. The SMILES string of the molecule is C.C.CCOC(=O)c1ccc(N2CCN(c3ccc(OC[C@@H]4CO[C@@](Cn5cncn5)(c5ccc(F)cc5F)C4)c(C)c3)CC2)cc1.CCOC(=O)c1ccc(N2CCNCC2)cc1.IC(I)I. The van der Waals surface area contributed by atoms with E-state index in [0.717, 1.165) is 81.1 Å². The fourth-order valence-corrected chi connectivity index (χ4v) is 8.18. The molecule has 2 atom stereocenters. The van der Waals surface area contributed by atoms with Gasteiger partial charge in [0.1, 0.15) is 35.6 Å². The minimum atomic E-state index is -1.01. The maximum absolute atomic E-state index is 15.0. The molecule has 3 fully saturated rings. The van der Waals surface area contributed by atoms with Crippen molar-refractivity contribution < 1.29 is 37.3 Å². The minimum Gasteiger partial charge on any atom is -0.493 e. The third kappa shape index (κ3) is 16.1. The van der Waals surface area contributed by atoms with Gasteiger partial charge in [-0.3, -0.25) is 0 Å². The molecule has 370 valence electrons. The lowest BCUT2D eigenvalue weighted by Crippen LogP contribution is -2.46. The molecule has 0 unspecified atom stereocenters. The maximum Gasteiger partial charge on any atom is 0.338 e. The van der Waals surface area contributed by atoms with Gasteiger partial charge in [0, 0.05) is 87.0 Å². The summed E-state index contributed by atoms with van der Waals surface area (Å²) < 4.78 is 53.6. The highest BCUT2D eigenvalue weighted by Crippen LogP contribution is 2.42. The van der Waals surface area contributed by atoms with Crippen LogP contribution in [0.2, 0.25) is 0 Å². The number of hydrogen-bond acceptors (Lipinski definition) is 12. The quantitative estimate of drug-likeness (QED) is 0.0686. The van der Waals surface area contributed by atoms with Crippen molar-refractivity contribution in [3.63, 3.8) is 0 Å². The summed E-state index contributed by atoms with van der Waals surface area (Å²) in [6, 6.07) is 25.0. The molecule has 0 aliphatic carbocycles. The minimum absolute atomic E-state index is 0. The van der Waals surface area contributed by atoms with E-state index in [1.165, 1.54) is 24.1 Å². The number of benzene rings is 4. The zero-order valence-electron chi connectivity index (χ0n) is 37.3. The largest absolute Gasteiger partial charge is 0.493 e. The van der Waals surface area contributed by atoms with Crippen LogP contribution in [0.5, 0.6) is 5.75 Å². The predicted molar refractivity (Wildman–Crippen MR) is 292 cm³/mol. The Kier molecular flexibility index (Phi) is 23.4. The summed E-state index contributed by atoms with van der Waals surface area (Å²) in [5.41, 5.74) is 4.89. The third-order valence-corrected chi connectivity index (χ3v) is 11.4. The first-order valence-electron chi connectivity index (χ1n) is 22.0. The average Bonchev–Trinajstić information content (AvgIpc) is 3.99. The van der Waals surface area contributed by atoms with Gasteiger partial charge in [0.2, 0.25) is 0 Å². The smallest absolute Gasteiger partial charge is 0.338 e. The standard InChI is InChI=1S/C34H37F2N5O4.C13H18N2O2.CHI3.2CH4/c1-3-43-33(42)26-4-7-28(8-5-26)39-12-14-40(15-13-39)29-9-11-32(24(2)16-29)44-19-25-18-34(45-20-25,21-41-23-37-22-38-41)30-10-6-27(35)17-31(30)36;1-2-17-13(16)11-3-5-12(6-4-11)15-9-7-14-8-10-15;2-1(3)4;;/h4-11,16-17,22-23,25H,3,12-15,18-21H2,1-2H3;3-6,14H,2,7-10H2,1H3;1H;2*1H4/t25-,34+;;;;/m1..../s1. The summed E-state index contributed by atoms with van der Waals surface area (Å²) in [7, 11) is 0. The monoisotopic (exact) mass is 1280 g/mol. The van der Waals surface area contributed by atoms with Crippen molar-refractivity contribution in [1.82, 2.24) is 20.1 Å². The Morgan fingerprint density at radius 2 is 1.31 bits per heavy atom. The van der Waals surface area contributed by atoms with Crippen LogP contribution in [0, 0.1) is 24.5 Å². The molecule has 13 nitrogen and oxygen atoms in total. The molecule has 0 spiro atoms. The molecule has 3 aliphatic rings. The van der Waals surface area contributed by atoms with E-state index in [4.69, 9.17) is 18.9 Å². The summed E-state index contributed by atoms with van der Waals surface area (Å²) in [6.45, 7) is 15.0. The molecule has 3 saturated heterocycles. The van der Waals surface area contributed by atoms with Crippen LogP contribution in [-0.2, 0) is 26.4 Å². The van der Waals surface area contributed by atoms with Crippen LogP contribution >= 0.6 is 67.8 Å². The molecule has 8 rings (SSSR count). The van der Waals surface area contributed by atoms with Crippen molar-refractivity contribution in [3.05, 3.63) is 131 Å². The number of esters is 2. The van der Waals surface area contributed by atoms with Crippen molar-refractivity contribution >= 4 is 96.8 Å². The predicted octanol–water partition coefficient (Wildman–Crippen LogP) is 10.5. The Bertz CT molecular complexity index is 2300. The van der Waals surface area contributed by atoms with Gasteiger partial charge in [-0.15, -0.1) is 0 Å². The summed E-state index contributed by atoms with van der Waals surface area (Å²) in [5, 5.41) is 7.50. The highest BCUT2D eigenvalue weighted by atomic mass is 127. The van der Waals surface area contributed by atoms with Crippen LogP contribution in [0.1, 0.15) is 67.0 Å². The number of nitrogens with zero attached hydrogens (tertiary/aromatic N) is 6. The summed E-state index contributed by atoms with van der Waals surface area (Å²) in [6.07, 6.45) is 3.47. The highest BCUT2D eigenvalue weighted by molar-refractivity contribution is 14.3. The number of alkyl halides is 3. The van der Waals surface area contributed by atoms with Crippen molar-refractivity contribution in [2.75, 3.05) is 93.5 Å². The Hall–Kier alpha value is -3.87. The molecule has 1 N–H and O–H groups in total. The molecule has 3 aliphatic heterocycles. The molecular formula is C50H64F2I3N7O6. The topological polar surface area (TPSA) is 124 Å². The third-order valence-electron chi connectivity index (χ3n) is 11.4. The second-order valence-electron chi connectivity index (χ2n) is 15.8. The first kappa shape index (κ1) is 56.7. The number of carbonyl (C=O) groups is 2. The molecule has 4 heterocycles. The van der Waals surface area contributed by atoms with Gasteiger partial charge in [-0.25, -0.2) is 28.0 Å². The lowest BCUT2D eigenvalue weighted by molar-refractivity contribution is -0.0206. The van der Waals surface area contributed by atoms with E-state index in [-0.39, 0.29) is 39.3 Å². The number of halogens is 5. The van der Waals surface area contributed by atoms with Crippen LogP contribution in [-0.4, -0.2) is 105 Å². The number of ether oxygens (including phenoxy) is 4. The Labute approximate surface area is 441 Å². The van der Waals surface area contributed by atoms with Crippen molar-refractivity contribution in [2.24, 2.45) is 5.92 Å². The lowest BCUT2D eigenvalue weighted by Gasteiger charge is -2.37. The first-order valence-corrected chi connectivity index (χ1v) is 25.7. The Morgan fingerprint density at radius 3 is 1.81 bits per heavy atom. The molecular weight excluding hydrogens is 1210 g/mol. The molecule has 0 amide bonds. The first-order chi connectivity index (χ1) is 31.9. The van der Waals surface area contributed by atoms with Crippen molar-refractivity contribution in [1.29, 1.82) is 0 Å². The fourth-order valence-electron chi connectivity index (χ4n) is 8.18. The Balaban J connectivity index is 0.000000365. The summed E-state index contributed by atoms with van der Waals surface area (Å²) >= 11 is 6.95. The van der Waals surface area contributed by atoms with E-state index in [2.05, 4.69) is 110 Å². The van der Waals surface area contributed by atoms with E-state index in [0.29, 0.717) is 49.5 Å². The molecule has 0 radical (unpaired) electrons. The number of anilines is 3. The highest BCUT2D eigenvalue weighted by Gasteiger charge is 2.44. The number of hydrogen-bond donors (Lipinski definition) is 1. The fraction of sp³-hybridized carbons (Fsp3) is 0.440. The van der Waals surface area contributed by atoms with Gasteiger partial charge in [-0.1, -0.05) is 88.7 Å². The second kappa shape index (κ2) is 28.1. The molecule has 5 aromatic rings. The summed E-state index contributed by atoms with van der Waals surface area (Å²) in [5.74, 6) is -1.04. The molecule has 68 heavy (non-hydrogen) atoms. The van der Waals surface area contributed by atoms with Crippen molar-refractivity contribution in [2.45, 2.75) is 54.1 Å². The van der Waals surface area contributed by atoms with Crippen LogP contribution < -0.4 is 24.8 Å². The van der Waals surface area contributed by atoms with Gasteiger partial charge < -0.3 is 39.0 Å². The molecule has 18 heteroatoms. The van der Waals surface area contributed by atoms with Gasteiger partial charge in [-0.05, 0) is 106 Å². The number of rotatable bonds is 13. The van der Waals surface area contributed by atoms with E-state index in [9.17, 15) is 18.4 Å². The van der Waals surface area contributed by atoms with Crippen LogP contribution in [0.25, 0.3) is 0 Å². The molecule has 1 aromatic heterocycles. The number of piperazine rings is 2. The number of aromatic nitrogens is 3. The van der Waals surface area contributed by atoms with Gasteiger partial charge in [0.25, 0.3) is 0 Å². The lowest BCUT2D eigenvalue weighted by atomic mass is 9.87. The maximum atomic E-state index is 15.0. The molecule has 4 aromatic carbocycles. The van der Waals surface area contributed by atoms with Crippen LogP contribution in [0.4, 0.5) is 25.8 Å². The van der Waals surface area contributed by atoms with Gasteiger partial charge in [-0.2, -0.15) is 5.10 Å². The normalized spacial score (nSPS) is 17.7. The second-order valence-corrected chi connectivity index (χ2v) is 26.7. The molecule has 0 bridgehead atoms. The Morgan fingerprint density at radius 1 is 0.779 bits per heavy atom. The van der Waals surface area contributed by atoms with Gasteiger partial charge in [0.05, 0.1) is 44.1 Å².